The number of esters is 1. The van der Waals surface area contributed by atoms with E-state index >= 15 is 0 Å². The van der Waals surface area contributed by atoms with E-state index in [1.165, 1.54) is 6.92 Å². The number of ether oxygens (including phenoxy) is 1. The summed E-state index contributed by atoms with van der Waals surface area (Å²) in [6, 6.07) is 0.0348. The van der Waals surface area contributed by atoms with Gasteiger partial charge in [0.15, 0.2) is 5.82 Å². The van der Waals surface area contributed by atoms with E-state index in [0.717, 1.165) is 12.3 Å². The highest BCUT2D eigenvalue weighted by Crippen LogP contribution is 2.11. The number of hydrogen-bond donors (Lipinski definition) is 1. The first-order valence-electron chi connectivity index (χ1n) is 5.95. The summed E-state index contributed by atoms with van der Waals surface area (Å²) in [5.41, 5.74) is -1.22. The normalized spacial score (nSPS) is 12.7. The molecular weight excluding hydrogens is 270 g/mol. The smallest absolute Gasteiger partial charge is 0.328 e. The van der Waals surface area contributed by atoms with Crippen LogP contribution in [0.2, 0.25) is 0 Å². The summed E-state index contributed by atoms with van der Waals surface area (Å²) in [5.74, 6) is -4.31. The third-order valence-electron chi connectivity index (χ3n) is 2.20. The molecule has 110 valence electrons. The molecule has 0 fully saturated rings. The van der Waals surface area contributed by atoms with Gasteiger partial charge in [0.2, 0.25) is 5.95 Å². The zero-order valence-corrected chi connectivity index (χ0v) is 11.7. The summed E-state index contributed by atoms with van der Waals surface area (Å²) < 4.78 is 31.3. The van der Waals surface area contributed by atoms with Crippen LogP contribution >= 0.6 is 0 Å². The topological polar surface area (TPSA) is 68.3 Å². The monoisotopic (exact) mass is 286 g/mol. The molecular formula is C13H16F2N2O3. The van der Waals surface area contributed by atoms with Crippen molar-refractivity contribution in [2.45, 2.75) is 39.3 Å². The van der Waals surface area contributed by atoms with Gasteiger partial charge in [0.05, 0.1) is 5.56 Å². The zero-order chi connectivity index (χ0) is 15.5. The minimum atomic E-state index is -1.37. The molecule has 1 amide bonds. The summed E-state index contributed by atoms with van der Waals surface area (Å²) in [7, 11) is 0. The molecule has 1 atom stereocenters. The van der Waals surface area contributed by atoms with Gasteiger partial charge in [0.25, 0.3) is 5.91 Å². The SMILES string of the molecule is C[C@@H](NC(=O)c1ccnc(F)c1F)C(=O)OC(C)(C)C. The van der Waals surface area contributed by atoms with Crippen LogP contribution < -0.4 is 5.32 Å². The lowest BCUT2D eigenvalue weighted by Crippen LogP contribution is -2.42. The van der Waals surface area contributed by atoms with Crippen molar-refractivity contribution >= 4 is 11.9 Å². The Balaban J connectivity index is 2.76. The van der Waals surface area contributed by atoms with Crippen LogP contribution in [-0.4, -0.2) is 28.5 Å². The molecule has 0 aliphatic heterocycles. The molecule has 5 nitrogen and oxygen atoms in total. The predicted octanol–water partition coefficient (Wildman–Crippen LogP) is 1.82. The fourth-order valence-electron chi connectivity index (χ4n) is 1.32. The van der Waals surface area contributed by atoms with E-state index in [1.807, 2.05) is 0 Å². The van der Waals surface area contributed by atoms with Gasteiger partial charge in [0.1, 0.15) is 11.6 Å². The molecule has 0 bridgehead atoms. The largest absolute Gasteiger partial charge is 0.458 e. The van der Waals surface area contributed by atoms with Gasteiger partial charge in [-0.1, -0.05) is 0 Å². The molecule has 0 saturated carbocycles. The third kappa shape index (κ3) is 4.25. The Morgan fingerprint density at radius 3 is 2.50 bits per heavy atom. The van der Waals surface area contributed by atoms with Crippen molar-refractivity contribution < 1.29 is 23.1 Å². The molecule has 0 unspecified atom stereocenters. The van der Waals surface area contributed by atoms with Crippen molar-refractivity contribution in [2.24, 2.45) is 0 Å². The van der Waals surface area contributed by atoms with Crippen LogP contribution in [0.4, 0.5) is 8.78 Å². The molecule has 1 aromatic heterocycles. The quantitative estimate of drug-likeness (QED) is 0.680. The number of carbonyl (C=O) groups excluding carboxylic acids is 2. The van der Waals surface area contributed by atoms with E-state index in [0.29, 0.717) is 0 Å². The van der Waals surface area contributed by atoms with Gasteiger partial charge in [-0.05, 0) is 33.8 Å². The molecule has 1 heterocycles. The number of nitrogens with zero attached hydrogens (tertiary/aromatic N) is 1. The number of carbonyl (C=O) groups is 2. The van der Waals surface area contributed by atoms with Crippen molar-refractivity contribution in [3.63, 3.8) is 0 Å². The van der Waals surface area contributed by atoms with Gasteiger partial charge in [-0.3, -0.25) is 4.79 Å². The van der Waals surface area contributed by atoms with Gasteiger partial charge >= 0.3 is 5.97 Å². The average Bonchev–Trinajstić information content (AvgIpc) is 2.30. The Hall–Kier alpha value is -2.05. The Morgan fingerprint density at radius 2 is 1.95 bits per heavy atom. The molecule has 20 heavy (non-hydrogen) atoms. The second-order valence-corrected chi connectivity index (χ2v) is 5.19. The molecule has 1 rings (SSSR count). The Kier molecular flexibility index (Phi) is 4.75. The van der Waals surface area contributed by atoms with Gasteiger partial charge in [0, 0.05) is 6.20 Å². The lowest BCUT2D eigenvalue weighted by atomic mass is 10.2. The Morgan fingerprint density at radius 1 is 1.35 bits per heavy atom. The number of nitrogens with one attached hydrogen (secondary N) is 1. The molecule has 7 heteroatoms. The number of halogens is 2. The molecule has 0 radical (unpaired) electrons. The Bertz CT molecular complexity index is 527. The first-order chi connectivity index (χ1) is 9.11. The first kappa shape index (κ1) is 16.0. The molecule has 1 aromatic rings. The highest BCUT2D eigenvalue weighted by Gasteiger charge is 2.25. The molecule has 0 aliphatic rings. The van der Waals surface area contributed by atoms with E-state index in [9.17, 15) is 18.4 Å². The fourth-order valence-corrected chi connectivity index (χ4v) is 1.32. The summed E-state index contributed by atoms with van der Waals surface area (Å²) in [6.07, 6.45) is 0.964. The highest BCUT2D eigenvalue weighted by molar-refractivity contribution is 5.96. The highest BCUT2D eigenvalue weighted by atomic mass is 19.2. The minimum absolute atomic E-state index is 0.520. The van der Waals surface area contributed by atoms with Crippen LogP contribution in [0.15, 0.2) is 12.3 Å². The van der Waals surface area contributed by atoms with E-state index < -0.39 is 40.8 Å². The van der Waals surface area contributed by atoms with Crippen molar-refractivity contribution in [2.75, 3.05) is 0 Å². The van der Waals surface area contributed by atoms with E-state index in [4.69, 9.17) is 4.74 Å². The van der Waals surface area contributed by atoms with Gasteiger partial charge < -0.3 is 10.1 Å². The van der Waals surface area contributed by atoms with Crippen LogP contribution in [-0.2, 0) is 9.53 Å². The fraction of sp³-hybridized carbons (Fsp3) is 0.462. The average molecular weight is 286 g/mol. The van der Waals surface area contributed by atoms with Crippen molar-refractivity contribution in [1.82, 2.24) is 10.3 Å². The van der Waals surface area contributed by atoms with E-state index in [2.05, 4.69) is 10.3 Å². The summed E-state index contributed by atoms with van der Waals surface area (Å²) >= 11 is 0. The lowest BCUT2D eigenvalue weighted by molar-refractivity contribution is -0.156. The van der Waals surface area contributed by atoms with Crippen LogP contribution in [0.3, 0.4) is 0 Å². The standard InChI is InChI=1S/C13H16F2N2O3/c1-7(12(19)20-13(2,3)4)17-11(18)8-5-6-16-10(15)9(8)14/h5-7H,1-4H3,(H,17,18)/t7-/m1/s1. The lowest BCUT2D eigenvalue weighted by Gasteiger charge is -2.22. The number of aromatic nitrogens is 1. The van der Waals surface area contributed by atoms with Crippen LogP contribution in [0.5, 0.6) is 0 Å². The number of rotatable bonds is 3. The minimum Gasteiger partial charge on any atom is -0.458 e. The summed E-state index contributed by atoms with van der Waals surface area (Å²) in [4.78, 5) is 26.5. The molecule has 0 spiro atoms. The van der Waals surface area contributed by atoms with Gasteiger partial charge in [-0.15, -0.1) is 0 Å². The second-order valence-electron chi connectivity index (χ2n) is 5.19. The van der Waals surface area contributed by atoms with Crippen LogP contribution in [0.25, 0.3) is 0 Å². The number of hydrogen-bond acceptors (Lipinski definition) is 4. The molecule has 0 saturated heterocycles. The second kappa shape index (κ2) is 5.94. The molecule has 0 aliphatic carbocycles. The maximum Gasteiger partial charge on any atom is 0.328 e. The van der Waals surface area contributed by atoms with E-state index in [-0.39, 0.29) is 0 Å². The van der Waals surface area contributed by atoms with Crippen molar-refractivity contribution in [3.05, 3.63) is 29.6 Å². The summed E-state index contributed by atoms with van der Waals surface area (Å²) in [6.45, 7) is 6.42. The van der Waals surface area contributed by atoms with Crippen LogP contribution in [0, 0.1) is 11.8 Å². The van der Waals surface area contributed by atoms with Gasteiger partial charge in [-0.25, -0.2) is 14.2 Å². The van der Waals surface area contributed by atoms with Crippen molar-refractivity contribution in [1.29, 1.82) is 0 Å². The number of amides is 1. The Labute approximate surface area is 115 Å². The first-order valence-corrected chi connectivity index (χ1v) is 5.95. The summed E-state index contributed by atoms with van der Waals surface area (Å²) in [5, 5.41) is 2.24. The molecule has 1 N–H and O–H groups in total. The van der Waals surface area contributed by atoms with Gasteiger partial charge in [-0.2, -0.15) is 4.39 Å². The maximum atomic E-state index is 13.4. The third-order valence-corrected chi connectivity index (χ3v) is 2.20. The maximum absolute atomic E-state index is 13.4. The van der Waals surface area contributed by atoms with Crippen LogP contribution in [0.1, 0.15) is 38.1 Å². The number of pyridine rings is 1. The van der Waals surface area contributed by atoms with Crippen molar-refractivity contribution in [3.8, 4) is 0 Å². The molecule has 0 aromatic carbocycles. The van der Waals surface area contributed by atoms with E-state index in [1.54, 1.807) is 20.8 Å². The predicted molar refractivity (Wildman–Crippen MR) is 66.9 cm³/mol. The zero-order valence-electron chi connectivity index (χ0n) is 11.7.